The fraction of sp³-hybridized carbons (Fsp3) is 0.706. The summed E-state index contributed by atoms with van der Waals surface area (Å²) in [6.45, 7) is 17.3. The number of nitrogens with two attached hydrogens (primary N) is 5. The number of Topliss-reactive ketones (excluding diaryl/α,β-unsaturated/α-hetero) is 1. The average Bonchev–Trinajstić information content (AvgIpc) is 1.65. The summed E-state index contributed by atoms with van der Waals surface area (Å²) in [5, 5.41) is 32.5. The molecule has 650 valence electrons. The van der Waals surface area contributed by atoms with Crippen LogP contribution in [0.2, 0.25) is 0 Å². The Labute approximate surface area is 687 Å². The van der Waals surface area contributed by atoms with Crippen molar-refractivity contribution in [1.29, 1.82) is 0 Å². The van der Waals surface area contributed by atoms with E-state index in [1.54, 1.807) is 88.4 Å². The molecule has 21 N–H and O–H groups in total. The van der Waals surface area contributed by atoms with Gasteiger partial charge in [0.1, 0.15) is 66.5 Å². The number of fused-ring (bicyclic) bond motifs is 2. The van der Waals surface area contributed by atoms with E-state index in [1.807, 2.05) is 27.7 Å². The number of nitrogens with one attached hydrogen (secondary N) is 11. The molecule has 3 fully saturated rings. The van der Waals surface area contributed by atoms with E-state index < -0.39 is 167 Å². The highest BCUT2D eigenvalue weighted by atomic mass is 16.2. The Balaban J connectivity index is 1.68. The molecule has 3 saturated heterocycles. The van der Waals surface area contributed by atoms with Gasteiger partial charge >= 0.3 is 0 Å². The molecule has 31 heteroatoms. The van der Waals surface area contributed by atoms with Crippen molar-refractivity contribution in [2.45, 2.75) is 314 Å². The van der Waals surface area contributed by atoms with Crippen LogP contribution in [0, 0.1) is 23.7 Å². The van der Waals surface area contributed by atoms with Crippen LogP contribution in [0.3, 0.4) is 0 Å². The summed E-state index contributed by atoms with van der Waals surface area (Å²) < 4.78 is 0. The first-order valence-electron chi connectivity index (χ1n) is 43.0. The number of hydrogen-bond donors (Lipinski definition) is 16. The molecule has 116 heavy (non-hydrogen) atoms. The van der Waals surface area contributed by atoms with Crippen molar-refractivity contribution in [2.24, 2.45) is 52.3 Å². The van der Waals surface area contributed by atoms with Crippen molar-refractivity contribution >= 4 is 76.7 Å². The Hall–Kier alpha value is -8.49. The molecule has 2 aromatic carbocycles. The first-order chi connectivity index (χ1) is 55.5. The standard InChI is InChI=1S/C85H142N18O13/c1-10-11-12-13-20-40-71(104)60(34-21-24-41-86)92-75(106)62(36-23-26-43-88)93-74(105)61(35-22-25-42-87)91-59-51-70-81(112)101-73(56(8)9)83(114)95-64(38-28-45-90)77(108)96-65(47-53(2)3)78(109)98-67(49-57-30-16-14-17-31-57)84(115)102-46-29-39-69(102)80(111)100-72(55(6)7)82(113)94-63(37-27-44-89)76(107)97-66(48-54(4)5)79(110)99-68(85(116)103(70)52-59)50-58-32-18-15-19-33-58/h14-19,30-33,53-56,59-70,72-73,91H,10-13,20-29,34-52,86-90H2,1-9H3,(H,92,106)(H,93,105)(H,94,113)(H,95,114)(H,96,108)(H,97,107)(H,98,109)(H,99,110)(H,100,111)(H,101,112)/t59-,60-,61-,62-,63-,64-,65-,66-,67+,68+,69-,70-,72-,73-/m0/s1. The first-order valence-corrected chi connectivity index (χ1v) is 43.0. The van der Waals surface area contributed by atoms with E-state index in [2.05, 4.69) is 65.4 Å². The largest absolute Gasteiger partial charge is 0.345 e. The molecule has 0 radical (unpaired) electrons. The summed E-state index contributed by atoms with van der Waals surface area (Å²) in [6, 6.07) is 0.576. The molecule has 0 unspecified atom stereocenters. The second kappa shape index (κ2) is 52.3. The molecular weight excluding hydrogens is 1480 g/mol. The molecule has 0 spiro atoms. The second-order valence-electron chi connectivity index (χ2n) is 33.3. The number of rotatable bonds is 41. The number of ketones is 1. The monoisotopic (exact) mass is 1620 g/mol. The molecule has 0 bridgehead atoms. The van der Waals surface area contributed by atoms with Crippen molar-refractivity contribution in [3.8, 4) is 0 Å². The first kappa shape index (κ1) is 98.1. The Kier molecular flexibility index (Phi) is 44.3. The summed E-state index contributed by atoms with van der Waals surface area (Å²) >= 11 is 0. The number of carbonyl (C=O) groups excluding carboxylic acids is 13. The Morgan fingerprint density at radius 1 is 0.422 bits per heavy atom. The highest BCUT2D eigenvalue weighted by Gasteiger charge is 2.47. The van der Waals surface area contributed by atoms with Crippen molar-refractivity contribution < 1.29 is 62.3 Å². The van der Waals surface area contributed by atoms with E-state index in [9.17, 15) is 33.6 Å². The van der Waals surface area contributed by atoms with E-state index in [0.717, 1.165) is 25.7 Å². The fourth-order valence-corrected chi connectivity index (χ4v) is 15.3. The topological polar surface area (TPSA) is 491 Å². The van der Waals surface area contributed by atoms with Gasteiger partial charge < -0.3 is 97.0 Å². The molecule has 2 aromatic rings. The second-order valence-corrected chi connectivity index (χ2v) is 33.3. The third-order valence-electron chi connectivity index (χ3n) is 21.8. The van der Waals surface area contributed by atoms with Gasteiger partial charge in [0, 0.05) is 38.4 Å². The molecule has 5 rings (SSSR count). The maximum atomic E-state index is 16.1. The summed E-state index contributed by atoms with van der Waals surface area (Å²) in [4.78, 5) is 198. The van der Waals surface area contributed by atoms with E-state index in [0.29, 0.717) is 82.0 Å². The summed E-state index contributed by atoms with van der Waals surface area (Å²) in [5.41, 5.74) is 31.3. The predicted molar refractivity (Wildman–Crippen MR) is 447 cm³/mol. The van der Waals surface area contributed by atoms with Crippen LogP contribution in [0.25, 0.3) is 0 Å². The van der Waals surface area contributed by atoms with Gasteiger partial charge in [0.2, 0.25) is 70.9 Å². The molecule has 3 heterocycles. The lowest BCUT2D eigenvalue weighted by molar-refractivity contribution is -0.143. The van der Waals surface area contributed by atoms with Gasteiger partial charge in [0.05, 0.1) is 12.1 Å². The van der Waals surface area contributed by atoms with Crippen LogP contribution < -0.4 is 87.2 Å². The minimum atomic E-state index is -1.47. The van der Waals surface area contributed by atoms with Gasteiger partial charge in [-0.3, -0.25) is 62.3 Å². The van der Waals surface area contributed by atoms with E-state index in [4.69, 9.17) is 28.7 Å². The smallest absolute Gasteiger partial charge is 0.246 e. The van der Waals surface area contributed by atoms with Gasteiger partial charge in [-0.25, -0.2) is 0 Å². The Morgan fingerprint density at radius 2 is 0.819 bits per heavy atom. The number of carbonyl (C=O) groups is 13. The van der Waals surface area contributed by atoms with E-state index in [-0.39, 0.29) is 134 Å². The molecule has 0 aromatic heterocycles. The lowest BCUT2D eigenvalue weighted by Gasteiger charge is -2.33. The van der Waals surface area contributed by atoms with Gasteiger partial charge in [-0.2, -0.15) is 0 Å². The molecule has 0 aliphatic carbocycles. The number of hydrogen-bond acceptors (Lipinski definition) is 19. The number of amides is 12. The maximum absolute atomic E-state index is 16.1. The van der Waals surface area contributed by atoms with E-state index >= 15 is 28.8 Å². The molecule has 14 atom stereocenters. The Bertz CT molecular complexity index is 3420. The number of benzene rings is 2. The minimum absolute atomic E-state index is 0.000928. The third kappa shape index (κ3) is 32.8. The fourth-order valence-electron chi connectivity index (χ4n) is 15.3. The summed E-state index contributed by atoms with van der Waals surface area (Å²) in [6.07, 6.45) is 9.50. The lowest BCUT2D eigenvalue weighted by Crippen LogP contribution is -2.62. The summed E-state index contributed by atoms with van der Waals surface area (Å²) in [5.74, 6) is -10.4. The van der Waals surface area contributed by atoms with Gasteiger partial charge in [-0.05, 0) is 183 Å². The van der Waals surface area contributed by atoms with Crippen molar-refractivity contribution in [3.05, 3.63) is 71.8 Å². The highest BCUT2D eigenvalue weighted by molar-refractivity contribution is 6.01. The van der Waals surface area contributed by atoms with Crippen LogP contribution in [0.15, 0.2) is 60.7 Å². The van der Waals surface area contributed by atoms with Crippen LogP contribution in [0.1, 0.15) is 228 Å². The van der Waals surface area contributed by atoms with Crippen LogP contribution in [-0.2, 0) is 75.2 Å². The minimum Gasteiger partial charge on any atom is -0.345 e. The van der Waals surface area contributed by atoms with Gasteiger partial charge in [-0.15, -0.1) is 0 Å². The Morgan fingerprint density at radius 3 is 1.27 bits per heavy atom. The average molecular weight is 1620 g/mol. The molecule has 3 aliphatic heterocycles. The zero-order chi connectivity index (χ0) is 85.4. The summed E-state index contributed by atoms with van der Waals surface area (Å²) in [7, 11) is 0. The van der Waals surface area contributed by atoms with Crippen molar-refractivity contribution in [1.82, 2.24) is 68.3 Å². The van der Waals surface area contributed by atoms with Crippen LogP contribution in [0.4, 0.5) is 0 Å². The highest BCUT2D eigenvalue weighted by Crippen LogP contribution is 2.26. The van der Waals surface area contributed by atoms with Crippen LogP contribution in [-0.4, -0.2) is 217 Å². The number of nitrogens with zero attached hydrogens (tertiary/aromatic N) is 2. The molecule has 31 nitrogen and oxygen atoms in total. The van der Waals surface area contributed by atoms with Gasteiger partial charge in [0.15, 0.2) is 5.78 Å². The van der Waals surface area contributed by atoms with Crippen LogP contribution in [0.5, 0.6) is 0 Å². The zero-order valence-corrected chi connectivity index (χ0v) is 70.6. The quantitative estimate of drug-likeness (QED) is 0.0425. The lowest BCUT2D eigenvalue weighted by atomic mass is 9.98. The maximum Gasteiger partial charge on any atom is 0.246 e. The molecule has 3 aliphatic rings. The predicted octanol–water partition coefficient (Wildman–Crippen LogP) is 2.45. The van der Waals surface area contributed by atoms with Crippen molar-refractivity contribution in [3.63, 3.8) is 0 Å². The molecular formula is C85H142N18O13. The van der Waals surface area contributed by atoms with Crippen LogP contribution >= 0.6 is 0 Å². The molecule has 0 saturated carbocycles. The van der Waals surface area contributed by atoms with Gasteiger partial charge in [-0.1, -0.05) is 155 Å². The van der Waals surface area contributed by atoms with Crippen molar-refractivity contribution in [2.75, 3.05) is 45.8 Å². The third-order valence-corrected chi connectivity index (χ3v) is 21.8. The molecule has 12 amide bonds. The van der Waals surface area contributed by atoms with E-state index in [1.165, 1.54) is 9.80 Å². The SMILES string of the molecule is CCCCCCCC(=O)[C@H](CCCCN)NC(=O)[C@H](CCCCN)NC(=O)[C@H](CCCCN)N[C@H]1C[C@H]2C(=O)N[C@@H](C(C)C)C(=O)N[C@@H](CCCN)C(=O)N[C@@H](CC(C)C)C(=O)N[C@H](Cc3ccccc3)C(=O)N3CCC[C@H]3C(=O)N[C@@H](C(C)C)C(=O)N[C@@H](CCCN)C(=O)N[C@@H](CC(C)C)C(=O)N[C@H](Cc3ccccc3)C(=O)N2C1. The normalized spacial score (nSPS) is 23.6. The number of unbranched alkanes of at least 4 members (excludes halogenated alkanes) is 7. The van der Waals surface area contributed by atoms with Gasteiger partial charge in [0.25, 0.3) is 0 Å². The zero-order valence-electron chi connectivity index (χ0n) is 70.6.